The lowest BCUT2D eigenvalue weighted by Gasteiger charge is -2.36. The van der Waals surface area contributed by atoms with Crippen LogP contribution in [0.1, 0.15) is 39.0 Å². The number of likely N-dealkylation sites (tertiary alicyclic amines) is 2. The highest BCUT2D eigenvalue weighted by atomic mass is 16.2. The molecule has 4 heteroatoms. The average Bonchev–Trinajstić information content (AvgIpc) is 2.78. The summed E-state index contributed by atoms with van der Waals surface area (Å²) in [5.41, 5.74) is 5.91. The second-order valence-corrected chi connectivity index (χ2v) is 5.52. The second-order valence-electron chi connectivity index (χ2n) is 5.52. The Labute approximate surface area is 104 Å². The number of hydrogen-bond donors (Lipinski definition) is 1. The maximum atomic E-state index is 12.1. The topological polar surface area (TPSA) is 49.6 Å². The Morgan fingerprint density at radius 3 is 2.65 bits per heavy atom. The summed E-state index contributed by atoms with van der Waals surface area (Å²) < 4.78 is 0. The molecule has 17 heavy (non-hydrogen) atoms. The van der Waals surface area contributed by atoms with Crippen molar-refractivity contribution in [2.24, 2.45) is 5.73 Å². The van der Waals surface area contributed by atoms with E-state index >= 15 is 0 Å². The van der Waals surface area contributed by atoms with E-state index in [1.54, 1.807) is 0 Å². The normalized spacial score (nSPS) is 30.8. The van der Waals surface area contributed by atoms with E-state index < -0.39 is 0 Å². The van der Waals surface area contributed by atoms with Crippen LogP contribution in [0.3, 0.4) is 0 Å². The number of hydrogen-bond acceptors (Lipinski definition) is 3. The standard InChI is InChI=1S/C13H25N3O/c1-11-10-12(14)4-9-16(11)13(17)5-8-15-6-2-3-7-15/h11-12H,2-10,14H2,1H3. The number of carbonyl (C=O) groups excluding carboxylic acids is 1. The fourth-order valence-corrected chi connectivity index (χ4v) is 2.98. The molecule has 2 heterocycles. The molecule has 1 amide bonds. The van der Waals surface area contributed by atoms with Crippen molar-refractivity contribution in [1.82, 2.24) is 9.80 Å². The van der Waals surface area contributed by atoms with Gasteiger partial charge >= 0.3 is 0 Å². The average molecular weight is 239 g/mol. The fraction of sp³-hybridized carbons (Fsp3) is 0.923. The van der Waals surface area contributed by atoms with Gasteiger partial charge in [-0.15, -0.1) is 0 Å². The quantitative estimate of drug-likeness (QED) is 0.793. The van der Waals surface area contributed by atoms with Gasteiger partial charge in [0.2, 0.25) is 5.91 Å². The van der Waals surface area contributed by atoms with Crippen LogP contribution < -0.4 is 5.73 Å². The van der Waals surface area contributed by atoms with Gasteiger partial charge in [0.25, 0.3) is 0 Å². The number of nitrogens with two attached hydrogens (primary N) is 1. The van der Waals surface area contributed by atoms with E-state index in [-0.39, 0.29) is 6.04 Å². The van der Waals surface area contributed by atoms with Crippen molar-refractivity contribution in [2.45, 2.75) is 51.1 Å². The summed E-state index contributed by atoms with van der Waals surface area (Å²) in [7, 11) is 0. The van der Waals surface area contributed by atoms with Gasteiger partial charge < -0.3 is 15.5 Å². The molecule has 0 aromatic heterocycles. The van der Waals surface area contributed by atoms with Gasteiger partial charge in [-0.3, -0.25) is 4.79 Å². The fourth-order valence-electron chi connectivity index (χ4n) is 2.98. The number of rotatable bonds is 3. The number of nitrogens with zero attached hydrogens (tertiary/aromatic N) is 2. The molecule has 0 aliphatic carbocycles. The maximum absolute atomic E-state index is 12.1. The Bertz CT molecular complexity index is 263. The minimum atomic E-state index is 0.285. The van der Waals surface area contributed by atoms with Crippen LogP contribution in [0.25, 0.3) is 0 Å². The zero-order valence-corrected chi connectivity index (χ0v) is 10.9. The first-order valence-electron chi connectivity index (χ1n) is 6.94. The smallest absolute Gasteiger partial charge is 0.224 e. The lowest BCUT2D eigenvalue weighted by molar-refractivity contribution is -0.134. The zero-order valence-electron chi connectivity index (χ0n) is 10.9. The van der Waals surface area contributed by atoms with Gasteiger partial charge in [0.05, 0.1) is 0 Å². The molecule has 2 fully saturated rings. The molecule has 98 valence electrons. The van der Waals surface area contributed by atoms with E-state index in [1.165, 1.54) is 25.9 Å². The molecule has 2 saturated heterocycles. The number of carbonyl (C=O) groups is 1. The van der Waals surface area contributed by atoms with E-state index in [1.807, 2.05) is 4.90 Å². The first-order chi connectivity index (χ1) is 8.16. The van der Waals surface area contributed by atoms with Gasteiger partial charge in [0, 0.05) is 31.6 Å². The van der Waals surface area contributed by atoms with Crippen LogP contribution in [-0.2, 0) is 4.79 Å². The summed E-state index contributed by atoms with van der Waals surface area (Å²) in [6, 6.07) is 0.609. The Morgan fingerprint density at radius 1 is 1.29 bits per heavy atom. The van der Waals surface area contributed by atoms with Crippen LogP contribution >= 0.6 is 0 Å². The number of amides is 1. The highest BCUT2D eigenvalue weighted by molar-refractivity contribution is 5.76. The van der Waals surface area contributed by atoms with Gasteiger partial charge in [-0.05, 0) is 45.7 Å². The Morgan fingerprint density at radius 2 is 2.00 bits per heavy atom. The molecule has 2 aliphatic rings. The molecule has 0 aromatic carbocycles. The molecule has 4 nitrogen and oxygen atoms in total. The van der Waals surface area contributed by atoms with E-state index in [9.17, 15) is 4.79 Å². The first kappa shape index (κ1) is 12.8. The van der Waals surface area contributed by atoms with E-state index in [0.29, 0.717) is 18.4 Å². The molecule has 2 N–H and O–H groups in total. The third-order valence-electron chi connectivity index (χ3n) is 4.08. The van der Waals surface area contributed by atoms with Gasteiger partial charge in [-0.2, -0.15) is 0 Å². The zero-order chi connectivity index (χ0) is 12.3. The van der Waals surface area contributed by atoms with Gasteiger partial charge in [0.15, 0.2) is 0 Å². The molecule has 0 spiro atoms. The predicted octanol–water partition coefficient (Wildman–Crippen LogP) is 0.811. The largest absolute Gasteiger partial charge is 0.340 e. The minimum Gasteiger partial charge on any atom is -0.340 e. The van der Waals surface area contributed by atoms with Gasteiger partial charge in [-0.1, -0.05) is 0 Å². The van der Waals surface area contributed by atoms with E-state index in [4.69, 9.17) is 5.73 Å². The van der Waals surface area contributed by atoms with Crippen LogP contribution in [-0.4, -0.2) is 54.0 Å². The summed E-state index contributed by atoms with van der Waals surface area (Å²) >= 11 is 0. The molecule has 2 atom stereocenters. The van der Waals surface area contributed by atoms with Gasteiger partial charge in [-0.25, -0.2) is 0 Å². The minimum absolute atomic E-state index is 0.285. The van der Waals surface area contributed by atoms with Crippen molar-refractivity contribution in [3.05, 3.63) is 0 Å². The van der Waals surface area contributed by atoms with Crippen molar-refractivity contribution in [3.8, 4) is 0 Å². The van der Waals surface area contributed by atoms with Crippen LogP contribution in [0, 0.1) is 0 Å². The van der Waals surface area contributed by atoms with Crippen LogP contribution in [0.4, 0.5) is 0 Å². The molecule has 0 saturated carbocycles. The summed E-state index contributed by atoms with van der Waals surface area (Å²) in [6.45, 7) is 6.25. The number of piperidine rings is 1. The third kappa shape index (κ3) is 3.42. The summed E-state index contributed by atoms with van der Waals surface area (Å²) in [4.78, 5) is 16.6. The maximum Gasteiger partial charge on any atom is 0.224 e. The summed E-state index contributed by atoms with van der Waals surface area (Å²) in [5, 5.41) is 0. The molecule has 2 rings (SSSR count). The molecule has 2 aliphatic heterocycles. The highest BCUT2D eigenvalue weighted by Gasteiger charge is 2.27. The second kappa shape index (κ2) is 5.83. The molecule has 0 bridgehead atoms. The molecular weight excluding hydrogens is 214 g/mol. The van der Waals surface area contributed by atoms with Crippen molar-refractivity contribution in [1.29, 1.82) is 0 Å². The van der Waals surface area contributed by atoms with Crippen LogP contribution in [0.15, 0.2) is 0 Å². The lowest BCUT2D eigenvalue weighted by atomic mass is 9.99. The van der Waals surface area contributed by atoms with Crippen molar-refractivity contribution < 1.29 is 4.79 Å². The molecule has 0 aromatic rings. The Kier molecular flexibility index (Phi) is 4.40. The van der Waals surface area contributed by atoms with Crippen molar-refractivity contribution in [2.75, 3.05) is 26.2 Å². The Hall–Kier alpha value is -0.610. The third-order valence-corrected chi connectivity index (χ3v) is 4.08. The SMILES string of the molecule is CC1CC(N)CCN1C(=O)CCN1CCCC1. The lowest BCUT2D eigenvalue weighted by Crippen LogP contribution is -2.48. The van der Waals surface area contributed by atoms with Crippen molar-refractivity contribution in [3.63, 3.8) is 0 Å². The van der Waals surface area contributed by atoms with Gasteiger partial charge in [0.1, 0.15) is 0 Å². The van der Waals surface area contributed by atoms with Crippen molar-refractivity contribution >= 4 is 5.91 Å². The predicted molar refractivity (Wildman–Crippen MR) is 68.7 cm³/mol. The summed E-state index contributed by atoms with van der Waals surface area (Å²) in [6.07, 6.45) is 5.18. The molecule has 2 unspecified atom stereocenters. The Balaban J connectivity index is 1.74. The highest BCUT2D eigenvalue weighted by Crippen LogP contribution is 2.17. The van der Waals surface area contributed by atoms with Crippen LogP contribution in [0.2, 0.25) is 0 Å². The molecular formula is C13H25N3O. The molecule has 0 radical (unpaired) electrons. The van der Waals surface area contributed by atoms with Crippen LogP contribution in [0.5, 0.6) is 0 Å². The first-order valence-corrected chi connectivity index (χ1v) is 6.94. The monoisotopic (exact) mass is 239 g/mol. The van der Waals surface area contributed by atoms with E-state index in [0.717, 1.165) is 25.9 Å². The summed E-state index contributed by atoms with van der Waals surface area (Å²) in [5.74, 6) is 0.316. The van der Waals surface area contributed by atoms with E-state index in [2.05, 4.69) is 11.8 Å².